The molecule has 0 unspecified atom stereocenters. The number of H-pyrrole nitrogens is 1. The first-order valence-electron chi connectivity index (χ1n) is 10.1. The van der Waals surface area contributed by atoms with E-state index in [9.17, 15) is 4.79 Å². The average Bonchev–Trinajstić information content (AvgIpc) is 3.37. The fraction of sp³-hybridized carbons (Fsp3) is 0.250. The molecular formula is C24H24N4O. The largest absolute Gasteiger partial charge is 0.369 e. The molecule has 0 aliphatic carbocycles. The summed E-state index contributed by atoms with van der Waals surface area (Å²) in [6.07, 6.45) is 7.16. The van der Waals surface area contributed by atoms with Crippen molar-refractivity contribution in [3.05, 3.63) is 72.6 Å². The van der Waals surface area contributed by atoms with Gasteiger partial charge in [-0.05, 0) is 23.3 Å². The van der Waals surface area contributed by atoms with Crippen molar-refractivity contribution in [2.45, 2.75) is 26.3 Å². The number of fused-ring (bicyclic) bond motifs is 1. The molecule has 0 amide bonds. The Morgan fingerprint density at radius 2 is 1.83 bits per heavy atom. The number of nitrogens with one attached hydrogen (secondary N) is 1. The van der Waals surface area contributed by atoms with Gasteiger partial charge in [0.25, 0.3) is 0 Å². The number of anilines is 1. The second-order valence-electron chi connectivity index (χ2n) is 7.72. The molecule has 4 aromatic rings. The second-order valence-corrected chi connectivity index (χ2v) is 7.72. The van der Waals surface area contributed by atoms with Crippen LogP contribution in [0.2, 0.25) is 0 Å². The third-order valence-electron chi connectivity index (χ3n) is 5.92. The molecule has 1 N–H and O–H groups in total. The van der Waals surface area contributed by atoms with E-state index >= 15 is 0 Å². The van der Waals surface area contributed by atoms with Crippen molar-refractivity contribution >= 4 is 22.2 Å². The fourth-order valence-corrected chi connectivity index (χ4v) is 4.40. The van der Waals surface area contributed by atoms with Gasteiger partial charge in [-0.1, -0.05) is 42.5 Å². The first-order valence-corrected chi connectivity index (χ1v) is 10.1. The van der Waals surface area contributed by atoms with Crippen molar-refractivity contribution in [1.82, 2.24) is 14.5 Å². The number of ketones is 1. The van der Waals surface area contributed by atoms with Gasteiger partial charge in [0, 0.05) is 49.6 Å². The molecule has 146 valence electrons. The predicted molar refractivity (Wildman–Crippen MR) is 116 cm³/mol. The van der Waals surface area contributed by atoms with Crippen LogP contribution in [0.3, 0.4) is 0 Å². The van der Waals surface area contributed by atoms with Gasteiger partial charge in [0.15, 0.2) is 0 Å². The van der Waals surface area contributed by atoms with Crippen LogP contribution in [0.1, 0.15) is 24.2 Å². The van der Waals surface area contributed by atoms with E-state index in [4.69, 9.17) is 0 Å². The number of hydrogen-bond donors (Lipinski definition) is 1. The van der Waals surface area contributed by atoms with E-state index in [2.05, 4.69) is 75.0 Å². The highest BCUT2D eigenvalue weighted by Crippen LogP contribution is 2.40. The minimum atomic E-state index is 0.363. The molecule has 0 saturated carbocycles. The third kappa shape index (κ3) is 3.23. The van der Waals surface area contributed by atoms with Gasteiger partial charge in [0.2, 0.25) is 0 Å². The Hall–Kier alpha value is -3.34. The summed E-state index contributed by atoms with van der Waals surface area (Å²) in [6.45, 7) is 4.46. The Morgan fingerprint density at radius 3 is 2.62 bits per heavy atom. The second kappa shape index (κ2) is 7.24. The van der Waals surface area contributed by atoms with Crippen molar-refractivity contribution in [1.29, 1.82) is 0 Å². The molecule has 0 radical (unpaired) electrons. The molecule has 1 aliphatic rings. The van der Waals surface area contributed by atoms with Crippen LogP contribution in [0.5, 0.6) is 0 Å². The maximum absolute atomic E-state index is 11.8. The summed E-state index contributed by atoms with van der Waals surface area (Å²) in [7, 11) is 0. The van der Waals surface area contributed by atoms with Gasteiger partial charge in [-0.25, -0.2) is 4.98 Å². The number of nitrogens with zero attached hydrogens (tertiary/aromatic N) is 3. The number of carbonyl (C=O) groups excluding carboxylic acids is 1. The number of piperidine rings is 1. The van der Waals surface area contributed by atoms with Crippen LogP contribution in [-0.2, 0) is 11.3 Å². The fourth-order valence-electron chi connectivity index (χ4n) is 4.40. The van der Waals surface area contributed by atoms with Crippen LogP contribution in [-0.4, -0.2) is 33.4 Å². The quantitative estimate of drug-likeness (QED) is 0.561. The standard InChI is InChI=1S/C24H24N4O/c1-17-24(27-11-9-20(29)10-12-27)23(15-28(17)14-19-13-25-16-26-19)22-8-4-6-18-5-2-3-7-21(18)22/h2-8,13,15-16H,9-12,14H2,1H3,(H,25,26). The van der Waals surface area contributed by atoms with E-state index in [1.54, 1.807) is 6.33 Å². The molecule has 0 bridgehead atoms. The molecule has 5 rings (SSSR count). The predicted octanol–water partition coefficient (Wildman–Crippen LogP) is 4.56. The third-order valence-corrected chi connectivity index (χ3v) is 5.92. The van der Waals surface area contributed by atoms with Crippen LogP contribution in [0, 0.1) is 6.92 Å². The Balaban J connectivity index is 1.67. The zero-order valence-corrected chi connectivity index (χ0v) is 16.6. The lowest BCUT2D eigenvalue weighted by atomic mass is 9.98. The molecule has 2 aromatic heterocycles. The highest BCUT2D eigenvalue weighted by molar-refractivity contribution is 6.00. The first kappa shape index (κ1) is 17.7. The van der Waals surface area contributed by atoms with Crippen LogP contribution >= 0.6 is 0 Å². The van der Waals surface area contributed by atoms with Gasteiger partial charge < -0.3 is 14.5 Å². The van der Waals surface area contributed by atoms with Crippen molar-refractivity contribution in [2.75, 3.05) is 18.0 Å². The minimum Gasteiger partial charge on any atom is -0.369 e. The van der Waals surface area contributed by atoms with Crippen molar-refractivity contribution < 1.29 is 4.79 Å². The lowest BCUT2D eigenvalue weighted by Gasteiger charge is -2.29. The van der Waals surface area contributed by atoms with Crippen LogP contribution in [0.15, 0.2) is 61.2 Å². The van der Waals surface area contributed by atoms with E-state index in [0.29, 0.717) is 18.6 Å². The molecule has 1 saturated heterocycles. The topological polar surface area (TPSA) is 53.9 Å². The minimum absolute atomic E-state index is 0.363. The SMILES string of the molecule is Cc1c(N2CCC(=O)CC2)c(-c2cccc3ccccc23)cn1Cc1c[nH]cn1. The Morgan fingerprint density at radius 1 is 1.03 bits per heavy atom. The summed E-state index contributed by atoms with van der Waals surface area (Å²) in [6, 6.07) is 15.0. The number of aromatic nitrogens is 3. The highest BCUT2D eigenvalue weighted by atomic mass is 16.1. The smallest absolute Gasteiger partial charge is 0.136 e. The summed E-state index contributed by atoms with van der Waals surface area (Å²) >= 11 is 0. The first-order chi connectivity index (χ1) is 14.2. The number of carbonyl (C=O) groups is 1. The maximum atomic E-state index is 11.8. The van der Waals surface area contributed by atoms with E-state index in [0.717, 1.165) is 25.3 Å². The maximum Gasteiger partial charge on any atom is 0.136 e. The number of hydrogen-bond acceptors (Lipinski definition) is 3. The molecule has 29 heavy (non-hydrogen) atoms. The van der Waals surface area contributed by atoms with Gasteiger partial charge in [-0.2, -0.15) is 0 Å². The summed E-state index contributed by atoms with van der Waals surface area (Å²) in [5, 5.41) is 2.49. The van der Waals surface area contributed by atoms with Gasteiger partial charge in [0.1, 0.15) is 5.78 Å². The molecular weight excluding hydrogens is 360 g/mol. The molecule has 5 heteroatoms. The van der Waals surface area contributed by atoms with Crippen molar-refractivity contribution in [2.24, 2.45) is 0 Å². The van der Waals surface area contributed by atoms with E-state index in [1.807, 2.05) is 6.20 Å². The Kier molecular flexibility index (Phi) is 4.43. The van der Waals surface area contributed by atoms with Gasteiger partial charge in [-0.15, -0.1) is 0 Å². The van der Waals surface area contributed by atoms with Crippen LogP contribution < -0.4 is 4.90 Å². The van der Waals surface area contributed by atoms with Crippen molar-refractivity contribution in [3.8, 4) is 11.1 Å². The number of benzene rings is 2. The molecule has 2 aromatic carbocycles. The Bertz CT molecular complexity index is 1160. The molecule has 1 aliphatic heterocycles. The average molecular weight is 384 g/mol. The van der Waals surface area contributed by atoms with E-state index in [-0.39, 0.29) is 0 Å². The molecule has 3 heterocycles. The summed E-state index contributed by atoms with van der Waals surface area (Å²) in [4.78, 5) is 21.7. The highest BCUT2D eigenvalue weighted by Gasteiger charge is 2.24. The molecule has 1 fully saturated rings. The normalized spacial score (nSPS) is 14.7. The molecule has 5 nitrogen and oxygen atoms in total. The summed E-state index contributed by atoms with van der Waals surface area (Å²) in [5.74, 6) is 0.363. The van der Waals surface area contributed by atoms with Gasteiger partial charge >= 0.3 is 0 Å². The number of aromatic amines is 1. The van der Waals surface area contributed by atoms with E-state index in [1.165, 1.54) is 33.3 Å². The van der Waals surface area contributed by atoms with Gasteiger partial charge in [-0.3, -0.25) is 4.79 Å². The number of imidazole rings is 1. The summed E-state index contributed by atoms with van der Waals surface area (Å²) in [5.41, 5.74) is 5.92. The zero-order chi connectivity index (χ0) is 19.8. The van der Waals surface area contributed by atoms with E-state index < -0.39 is 0 Å². The Labute approximate surface area is 170 Å². The lowest BCUT2D eigenvalue weighted by molar-refractivity contribution is -0.119. The lowest BCUT2D eigenvalue weighted by Crippen LogP contribution is -2.34. The molecule has 0 spiro atoms. The number of Topliss-reactive ketones (excluding diaryl/α,β-unsaturated/α-hetero) is 1. The zero-order valence-electron chi connectivity index (χ0n) is 16.6. The summed E-state index contributed by atoms with van der Waals surface area (Å²) < 4.78 is 2.28. The van der Waals surface area contributed by atoms with Crippen LogP contribution in [0.4, 0.5) is 5.69 Å². The van der Waals surface area contributed by atoms with Gasteiger partial charge in [0.05, 0.1) is 24.3 Å². The van der Waals surface area contributed by atoms with Crippen molar-refractivity contribution in [3.63, 3.8) is 0 Å². The van der Waals surface area contributed by atoms with Crippen LogP contribution in [0.25, 0.3) is 21.9 Å². The number of rotatable bonds is 4. The molecule has 0 atom stereocenters. The monoisotopic (exact) mass is 384 g/mol.